The van der Waals surface area contributed by atoms with Crippen LogP contribution in [0.15, 0.2) is 47.2 Å². The van der Waals surface area contributed by atoms with E-state index in [1.165, 1.54) is 29.7 Å². The smallest absolute Gasteiger partial charge is 0.257 e. The quantitative estimate of drug-likeness (QED) is 0.0900. The van der Waals surface area contributed by atoms with Crippen LogP contribution in [0.25, 0.3) is 0 Å². The standard InChI is InChI=1S/C27H36BrClN2O4/c1-21(12-14-23(20-29)10-5-4-8-17-28)9-6-7-11-25(32)30-18-16-24(35-3)19-27(34)31-22(2)13-15-26(31)33/h6,9,13,15,19-22H,4-5,7,10-12,14,16,18H2,1-3H3,(H,30,32)/b9-6+,23-20-,24-19-/t21?,22-/m0/s1. The maximum atomic E-state index is 12.3. The van der Waals surface area contributed by atoms with Gasteiger partial charge in [0.1, 0.15) is 5.76 Å². The summed E-state index contributed by atoms with van der Waals surface area (Å²) in [5.41, 5.74) is 2.93. The molecule has 0 bridgehead atoms. The molecule has 192 valence electrons. The molecular weight excluding hydrogens is 532 g/mol. The Morgan fingerprint density at radius 2 is 2.09 bits per heavy atom. The molecule has 0 fully saturated rings. The van der Waals surface area contributed by atoms with Crippen molar-refractivity contribution in [3.8, 4) is 10.8 Å². The Bertz CT molecular complexity index is 899. The van der Waals surface area contributed by atoms with Crippen molar-refractivity contribution in [1.29, 1.82) is 0 Å². The first kappa shape index (κ1) is 30.7. The van der Waals surface area contributed by atoms with Crippen molar-refractivity contribution in [2.45, 2.75) is 71.3 Å². The molecule has 0 aromatic heterocycles. The SMILES string of the molecule is CO/C(=C\C(=O)N1C(=O)C=C[C@@H]1C)CCNC(=O)CC/C=C/C(C)CC/C(=C\Cl)CCCC#CBr. The van der Waals surface area contributed by atoms with E-state index in [4.69, 9.17) is 16.3 Å². The highest BCUT2D eigenvalue weighted by Gasteiger charge is 2.27. The predicted molar refractivity (Wildman–Crippen MR) is 144 cm³/mol. The predicted octanol–water partition coefficient (Wildman–Crippen LogP) is 5.74. The highest BCUT2D eigenvalue weighted by atomic mass is 79.9. The Kier molecular flexibility index (Phi) is 15.8. The number of carbonyl (C=O) groups is 3. The van der Waals surface area contributed by atoms with Crippen molar-refractivity contribution in [3.05, 3.63) is 47.2 Å². The van der Waals surface area contributed by atoms with Gasteiger partial charge in [0.15, 0.2) is 0 Å². The van der Waals surface area contributed by atoms with Gasteiger partial charge in [-0.25, -0.2) is 0 Å². The fraction of sp³-hybridized carbons (Fsp3) is 0.519. The molecule has 35 heavy (non-hydrogen) atoms. The fourth-order valence-electron chi connectivity index (χ4n) is 3.49. The largest absolute Gasteiger partial charge is 0.501 e. The van der Waals surface area contributed by atoms with Crippen LogP contribution in [-0.2, 0) is 19.1 Å². The number of methoxy groups -OCH3 is 1. The number of hydrogen-bond donors (Lipinski definition) is 1. The Morgan fingerprint density at radius 1 is 1.31 bits per heavy atom. The number of imide groups is 1. The summed E-state index contributed by atoms with van der Waals surface area (Å²) in [5.74, 6) is 2.99. The van der Waals surface area contributed by atoms with Crippen molar-refractivity contribution >= 4 is 45.3 Å². The van der Waals surface area contributed by atoms with Crippen molar-refractivity contribution in [1.82, 2.24) is 10.2 Å². The van der Waals surface area contributed by atoms with E-state index >= 15 is 0 Å². The molecule has 0 aliphatic carbocycles. The van der Waals surface area contributed by atoms with Crippen LogP contribution in [0.2, 0.25) is 0 Å². The highest BCUT2D eigenvalue weighted by molar-refractivity contribution is 9.12. The Morgan fingerprint density at radius 3 is 2.71 bits per heavy atom. The van der Waals surface area contributed by atoms with Crippen LogP contribution in [0, 0.1) is 16.7 Å². The van der Waals surface area contributed by atoms with Gasteiger partial charge in [0.25, 0.3) is 11.8 Å². The second kappa shape index (κ2) is 18.0. The summed E-state index contributed by atoms with van der Waals surface area (Å²) in [6, 6.07) is -0.275. The first-order valence-corrected chi connectivity index (χ1v) is 13.1. The van der Waals surface area contributed by atoms with Crippen LogP contribution >= 0.6 is 27.5 Å². The van der Waals surface area contributed by atoms with Gasteiger partial charge in [-0.2, -0.15) is 0 Å². The molecule has 1 rings (SSSR count). The first-order valence-electron chi connectivity index (χ1n) is 11.9. The van der Waals surface area contributed by atoms with E-state index in [9.17, 15) is 14.4 Å². The molecule has 0 aromatic carbocycles. The molecule has 1 N–H and O–H groups in total. The third kappa shape index (κ3) is 12.8. The lowest BCUT2D eigenvalue weighted by Gasteiger charge is -2.18. The maximum Gasteiger partial charge on any atom is 0.257 e. The van der Waals surface area contributed by atoms with Crippen LogP contribution in [0.5, 0.6) is 0 Å². The van der Waals surface area contributed by atoms with E-state index in [0.29, 0.717) is 37.5 Å². The third-order valence-electron chi connectivity index (χ3n) is 5.58. The average molecular weight is 568 g/mol. The van der Waals surface area contributed by atoms with E-state index in [1.807, 2.05) is 6.08 Å². The molecule has 8 heteroatoms. The third-order valence-corrected chi connectivity index (χ3v) is 6.17. The number of hydrogen-bond acceptors (Lipinski definition) is 4. The van der Waals surface area contributed by atoms with Gasteiger partial charge in [-0.05, 0) is 49.8 Å². The molecule has 0 radical (unpaired) electrons. The van der Waals surface area contributed by atoms with Gasteiger partial charge in [-0.3, -0.25) is 19.3 Å². The topological polar surface area (TPSA) is 75.7 Å². The lowest BCUT2D eigenvalue weighted by Crippen LogP contribution is -2.37. The van der Waals surface area contributed by atoms with Crippen LogP contribution in [-0.4, -0.2) is 42.3 Å². The zero-order valence-corrected chi connectivity index (χ0v) is 23.2. The molecule has 1 aliphatic heterocycles. The van der Waals surface area contributed by atoms with Crippen LogP contribution in [0.4, 0.5) is 0 Å². The van der Waals surface area contributed by atoms with Gasteiger partial charge in [0, 0.05) is 59.4 Å². The van der Waals surface area contributed by atoms with E-state index in [1.54, 1.807) is 18.5 Å². The summed E-state index contributed by atoms with van der Waals surface area (Å²) < 4.78 is 5.24. The Balaban J connectivity index is 2.27. The highest BCUT2D eigenvalue weighted by Crippen LogP contribution is 2.19. The molecule has 2 atom stereocenters. The van der Waals surface area contributed by atoms with Crippen LogP contribution in [0.3, 0.4) is 0 Å². The number of allylic oxidation sites excluding steroid dienone is 3. The first-order chi connectivity index (χ1) is 16.8. The summed E-state index contributed by atoms with van der Waals surface area (Å²) in [5, 5.41) is 2.84. The normalized spacial score (nSPS) is 16.9. The van der Waals surface area contributed by atoms with Crippen LogP contribution < -0.4 is 5.32 Å². The number of unbranched alkanes of at least 4 members (excludes halogenated alkanes) is 1. The van der Waals surface area contributed by atoms with Gasteiger partial charge in [0.2, 0.25) is 5.91 Å². The minimum Gasteiger partial charge on any atom is -0.501 e. The lowest BCUT2D eigenvalue weighted by atomic mass is 9.98. The molecule has 3 amide bonds. The van der Waals surface area contributed by atoms with Gasteiger partial charge < -0.3 is 10.1 Å². The summed E-state index contributed by atoms with van der Waals surface area (Å²) in [7, 11) is 1.46. The Hall–Kier alpha value is -2.30. The summed E-state index contributed by atoms with van der Waals surface area (Å²) >= 11 is 9.05. The van der Waals surface area contributed by atoms with Crippen molar-refractivity contribution in [2.24, 2.45) is 5.92 Å². The molecule has 1 aliphatic rings. The molecule has 0 saturated heterocycles. The summed E-state index contributed by atoms with van der Waals surface area (Å²) in [4.78, 5) is 40.1. The molecule has 0 saturated carbocycles. The van der Waals surface area contributed by atoms with Gasteiger partial charge in [0.05, 0.1) is 13.2 Å². The van der Waals surface area contributed by atoms with Crippen molar-refractivity contribution in [2.75, 3.05) is 13.7 Å². The van der Waals surface area contributed by atoms with Crippen LogP contribution in [0.1, 0.15) is 65.2 Å². The lowest BCUT2D eigenvalue weighted by molar-refractivity contribution is -0.139. The monoisotopic (exact) mass is 566 g/mol. The number of ether oxygens (including phenoxy) is 1. The molecule has 6 nitrogen and oxygen atoms in total. The van der Waals surface area contributed by atoms with Crippen molar-refractivity contribution in [3.63, 3.8) is 0 Å². The molecule has 0 aromatic rings. The Labute approximate surface area is 223 Å². The van der Waals surface area contributed by atoms with Gasteiger partial charge in [-0.1, -0.05) is 48.2 Å². The summed E-state index contributed by atoms with van der Waals surface area (Å²) in [6.07, 6.45) is 14.7. The number of carbonyl (C=O) groups excluding carboxylic acids is 3. The fourth-order valence-corrected chi connectivity index (χ4v) is 3.91. The molecule has 0 spiro atoms. The van der Waals surface area contributed by atoms with E-state index in [0.717, 1.165) is 32.1 Å². The van der Waals surface area contributed by atoms with E-state index in [2.05, 4.69) is 45.0 Å². The minimum atomic E-state index is -0.424. The summed E-state index contributed by atoms with van der Waals surface area (Å²) in [6.45, 7) is 4.28. The van der Waals surface area contributed by atoms with E-state index in [-0.39, 0.29) is 17.9 Å². The van der Waals surface area contributed by atoms with E-state index < -0.39 is 5.91 Å². The molecule has 1 unspecified atom stereocenters. The zero-order chi connectivity index (χ0) is 26.1. The number of nitrogens with zero attached hydrogens (tertiary/aromatic N) is 1. The number of rotatable bonds is 15. The van der Waals surface area contributed by atoms with Crippen molar-refractivity contribution < 1.29 is 19.1 Å². The van der Waals surface area contributed by atoms with Gasteiger partial charge >= 0.3 is 0 Å². The second-order valence-corrected chi connectivity index (χ2v) is 9.05. The average Bonchev–Trinajstić information content (AvgIpc) is 3.18. The molecular formula is C27H36BrClN2O4. The minimum absolute atomic E-state index is 0.0597. The zero-order valence-electron chi connectivity index (χ0n) is 20.8. The number of halogens is 2. The maximum absolute atomic E-state index is 12.3. The molecule has 1 heterocycles. The number of nitrogens with one attached hydrogen (secondary N) is 1. The number of amides is 3. The second-order valence-electron chi connectivity index (χ2n) is 8.44. The van der Waals surface area contributed by atoms with Gasteiger partial charge in [-0.15, -0.1) is 0 Å².